The summed E-state index contributed by atoms with van der Waals surface area (Å²) in [6.45, 7) is 0.312. The number of para-hydroxylation sites is 1. The Bertz CT molecular complexity index is 1220. The number of anilines is 1. The van der Waals surface area contributed by atoms with Gasteiger partial charge in [-0.25, -0.2) is 4.68 Å². The Labute approximate surface area is 197 Å². The first-order chi connectivity index (χ1) is 16.4. The SMILES string of the molecule is COc1ccccc1C(=O)NCc1ccc(-c2nn(C3CCC(=O)CC3)c(N)c2C(N)=O)cc1. The lowest BCUT2D eigenvalue weighted by Gasteiger charge is -2.22. The predicted octanol–water partition coefficient (Wildman–Crippen LogP) is 2.85. The van der Waals surface area contributed by atoms with E-state index in [0.717, 1.165) is 5.56 Å². The van der Waals surface area contributed by atoms with E-state index in [1.807, 2.05) is 24.3 Å². The van der Waals surface area contributed by atoms with Gasteiger partial charge in [0.2, 0.25) is 0 Å². The summed E-state index contributed by atoms with van der Waals surface area (Å²) in [5.41, 5.74) is 14.5. The van der Waals surface area contributed by atoms with Crippen molar-refractivity contribution in [3.8, 4) is 17.0 Å². The third-order valence-electron chi connectivity index (χ3n) is 6.08. The molecule has 1 aliphatic carbocycles. The monoisotopic (exact) mass is 461 g/mol. The molecule has 1 saturated carbocycles. The zero-order valence-corrected chi connectivity index (χ0v) is 18.9. The summed E-state index contributed by atoms with van der Waals surface area (Å²) in [4.78, 5) is 36.3. The van der Waals surface area contributed by atoms with Crippen molar-refractivity contribution >= 4 is 23.4 Å². The number of carbonyl (C=O) groups excluding carboxylic acids is 3. The summed E-state index contributed by atoms with van der Waals surface area (Å²) in [5.74, 6) is 0.0550. The largest absolute Gasteiger partial charge is 0.496 e. The van der Waals surface area contributed by atoms with Gasteiger partial charge in [-0.1, -0.05) is 36.4 Å². The lowest BCUT2D eigenvalue weighted by atomic mass is 9.94. The van der Waals surface area contributed by atoms with Crippen molar-refractivity contribution in [2.75, 3.05) is 12.8 Å². The topological polar surface area (TPSA) is 142 Å². The highest BCUT2D eigenvalue weighted by Crippen LogP contribution is 2.34. The van der Waals surface area contributed by atoms with Gasteiger partial charge >= 0.3 is 0 Å². The number of rotatable bonds is 7. The highest BCUT2D eigenvalue weighted by Gasteiger charge is 2.28. The highest BCUT2D eigenvalue weighted by atomic mass is 16.5. The second kappa shape index (κ2) is 9.78. The summed E-state index contributed by atoms with van der Waals surface area (Å²) >= 11 is 0. The molecule has 1 heterocycles. The van der Waals surface area contributed by atoms with Gasteiger partial charge in [0.05, 0.1) is 18.7 Å². The van der Waals surface area contributed by atoms with Crippen molar-refractivity contribution in [1.82, 2.24) is 15.1 Å². The zero-order valence-electron chi connectivity index (χ0n) is 18.9. The van der Waals surface area contributed by atoms with E-state index >= 15 is 0 Å². The number of Topliss-reactive ketones (excluding diaryl/α,β-unsaturated/α-hetero) is 1. The summed E-state index contributed by atoms with van der Waals surface area (Å²) in [7, 11) is 1.52. The first kappa shape index (κ1) is 23.0. The molecule has 1 aromatic heterocycles. The molecule has 0 spiro atoms. The van der Waals surface area contributed by atoms with Gasteiger partial charge in [0.25, 0.3) is 11.8 Å². The summed E-state index contributed by atoms with van der Waals surface area (Å²) in [6, 6.07) is 14.3. The van der Waals surface area contributed by atoms with Gasteiger partial charge in [-0.05, 0) is 30.5 Å². The van der Waals surface area contributed by atoms with E-state index in [0.29, 0.717) is 54.8 Å². The molecule has 9 heteroatoms. The van der Waals surface area contributed by atoms with E-state index in [1.54, 1.807) is 28.9 Å². The van der Waals surface area contributed by atoms with Crippen molar-refractivity contribution in [3.05, 3.63) is 65.2 Å². The Morgan fingerprint density at radius 2 is 1.79 bits per heavy atom. The van der Waals surface area contributed by atoms with Crippen molar-refractivity contribution in [2.45, 2.75) is 38.3 Å². The van der Waals surface area contributed by atoms with Gasteiger partial charge in [-0.15, -0.1) is 0 Å². The van der Waals surface area contributed by atoms with Crippen molar-refractivity contribution < 1.29 is 19.1 Å². The van der Waals surface area contributed by atoms with Crippen LogP contribution in [-0.2, 0) is 11.3 Å². The van der Waals surface area contributed by atoms with Crippen molar-refractivity contribution in [3.63, 3.8) is 0 Å². The predicted molar refractivity (Wildman–Crippen MR) is 127 cm³/mol. The molecule has 34 heavy (non-hydrogen) atoms. The van der Waals surface area contributed by atoms with Crippen LogP contribution >= 0.6 is 0 Å². The van der Waals surface area contributed by atoms with Gasteiger partial charge in [0.1, 0.15) is 28.6 Å². The third kappa shape index (κ3) is 4.63. The third-order valence-corrected chi connectivity index (χ3v) is 6.08. The van der Waals surface area contributed by atoms with Crippen LogP contribution < -0.4 is 21.5 Å². The second-order valence-electron chi connectivity index (χ2n) is 8.27. The maximum Gasteiger partial charge on any atom is 0.255 e. The minimum Gasteiger partial charge on any atom is -0.496 e. The normalized spacial score (nSPS) is 14.1. The molecule has 1 fully saturated rings. The quantitative estimate of drug-likeness (QED) is 0.494. The van der Waals surface area contributed by atoms with Crippen LogP contribution in [0.2, 0.25) is 0 Å². The number of methoxy groups -OCH3 is 1. The van der Waals surface area contributed by atoms with E-state index in [1.165, 1.54) is 7.11 Å². The summed E-state index contributed by atoms with van der Waals surface area (Å²) in [5, 5.41) is 7.49. The number of amides is 2. The maximum absolute atomic E-state index is 12.5. The molecule has 0 aliphatic heterocycles. The van der Waals surface area contributed by atoms with E-state index in [2.05, 4.69) is 10.4 Å². The number of ketones is 1. The fourth-order valence-electron chi connectivity index (χ4n) is 4.23. The van der Waals surface area contributed by atoms with Gasteiger partial charge in [0, 0.05) is 24.9 Å². The number of nitrogen functional groups attached to an aromatic ring is 1. The molecule has 0 radical (unpaired) electrons. The number of hydrogen-bond donors (Lipinski definition) is 3. The van der Waals surface area contributed by atoms with E-state index in [-0.39, 0.29) is 29.1 Å². The average molecular weight is 462 g/mol. The van der Waals surface area contributed by atoms with Gasteiger partial charge in [0.15, 0.2) is 0 Å². The fraction of sp³-hybridized carbons (Fsp3) is 0.280. The van der Waals surface area contributed by atoms with Crippen molar-refractivity contribution in [2.24, 2.45) is 5.73 Å². The molecule has 1 aliphatic rings. The molecule has 176 valence electrons. The molecule has 2 aromatic carbocycles. The number of nitrogens with zero attached hydrogens (tertiary/aromatic N) is 2. The molecule has 9 nitrogen and oxygen atoms in total. The molecule has 2 amide bonds. The summed E-state index contributed by atoms with van der Waals surface area (Å²) < 4.78 is 6.87. The number of nitrogens with two attached hydrogens (primary N) is 2. The smallest absolute Gasteiger partial charge is 0.255 e. The van der Waals surface area contributed by atoms with Crippen LogP contribution in [0.15, 0.2) is 48.5 Å². The zero-order chi connectivity index (χ0) is 24.2. The van der Waals surface area contributed by atoms with Gasteiger partial charge < -0.3 is 21.5 Å². The Kier molecular flexibility index (Phi) is 6.62. The number of benzene rings is 2. The number of primary amides is 1. The molecular weight excluding hydrogens is 434 g/mol. The maximum atomic E-state index is 12.5. The Hall–Kier alpha value is -4.14. The Morgan fingerprint density at radius 1 is 1.12 bits per heavy atom. The van der Waals surface area contributed by atoms with Gasteiger partial charge in [-0.2, -0.15) is 5.10 Å². The molecule has 0 atom stereocenters. The number of aromatic nitrogens is 2. The van der Waals surface area contributed by atoms with Crippen LogP contribution in [0.1, 0.15) is 58.0 Å². The van der Waals surface area contributed by atoms with Gasteiger partial charge in [-0.3, -0.25) is 14.4 Å². The first-order valence-electron chi connectivity index (χ1n) is 11.1. The number of carbonyl (C=O) groups is 3. The van der Waals surface area contributed by atoms with Crippen LogP contribution in [0.25, 0.3) is 11.3 Å². The fourth-order valence-corrected chi connectivity index (χ4v) is 4.23. The summed E-state index contributed by atoms with van der Waals surface area (Å²) in [6.07, 6.45) is 2.21. The molecular formula is C25H27N5O4. The van der Waals surface area contributed by atoms with E-state index < -0.39 is 5.91 Å². The van der Waals surface area contributed by atoms with Crippen molar-refractivity contribution in [1.29, 1.82) is 0 Å². The van der Waals surface area contributed by atoms with Crippen LogP contribution in [0, 0.1) is 0 Å². The lowest BCUT2D eigenvalue weighted by molar-refractivity contribution is -0.120. The second-order valence-corrected chi connectivity index (χ2v) is 8.27. The van der Waals surface area contributed by atoms with Crippen LogP contribution in [0.5, 0.6) is 5.75 Å². The Balaban J connectivity index is 1.52. The molecule has 0 saturated heterocycles. The first-order valence-corrected chi connectivity index (χ1v) is 11.1. The number of ether oxygens (including phenoxy) is 1. The molecule has 3 aromatic rings. The molecule has 0 bridgehead atoms. The highest BCUT2D eigenvalue weighted by molar-refractivity contribution is 6.03. The molecule has 0 unspecified atom stereocenters. The van der Waals surface area contributed by atoms with Crippen LogP contribution in [-0.4, -0.2) is 34.5 Å². The minimum atomic E-state index is -0.654. The van der Waals surface area contributed by atoms with Crippen LogP contribution in [0.4, 0.5) is 5.82 Å². The van der Waals surface area contributed by atoms with E-state index in [9.17, 15) is 14.4 Å². The Morgan fingerprint density at radius 3 is 2.44 bits per heavy atom. The van der Waals surface area contributed by atoms with E-state index in [4.69, 9.17) is 16.2 Å². The lowest BCUT2D eigenvalue weighted by Crippen LogP contribution is -2.23. The van der Waals surface area contributed by atoms with Crippen LogP contribution in [0.3, 0.4) is 0 Å². The average Bonchev–Trinajstić information content (AvgIpc) is 3.20. The number of hydrogen-bond acceptors (Lipinski definition) is 6. The molecule has 5 N–H and O–H groups in total. The molecule has 4 rings (SSSR count). The minimum absolute atomic E-state index is 0.0472. The number of nitrogens with one attached hydrogen (secondary N) is 1. The standard InChI is InChI=1S/C25H27N5O4/c1-34-20-5-3-2-4-19(20)25(33)28-14-15-6-8-16(9-7-15)22-21(24(27)32)23(26)30(29-22)17-10-12-18(31)13-11-17/h2-9,17H,10-14,26H2,1H3,(H2,27,32)(H,28,33).